The van der Waals surface area contributed by atoms with Gasteiger partial charge in [-0.1, -0.05) is 18.2 Å². The van der Waals surface area contributed by atoms with Crippen LogP contribution in [0.4, 0.5) is 0 Å². The van der Waals surface area contributed by atoms with Gasteiger partial charge in [0.25, 0.3) is 5.91 Å². The number of fused-ring (bicyclic) bond motifs is 2. The highest BCUT2D eigenvalue weighted by Crippen LogP contribution is 2.31. The fourth-order valence-electron chi connectivity index (χ4n) is 4.88. The average Bonchev–Trinajstić information content (AvgIpc) is 3.46. The largest absolute Gasteiger partial charge is 0.337 e. The van der Waals surface area contributed by atoms with Crippen molar-refractivity contribution >= 4 is 27.3 Å². The van der Waals surface area contributed by atoms with Crippen LogP contribution in [0.1, 0.15) is 45.9 Å². The number of aromatic nitrogens is 2. The molecule has 0 bridgehead atoms. The summed E-state index contributed by atoms with van der Waals surface area (Å²) in [5.41, 5.74) is 3.13. The number of hydrogen-bond acceptors (Lipinski definition) is 4. The standard InChI is InChI=1S/C23H28N4OS/c1-25(15-18-13-16-7-3-4-8-21(16)29-18)17-9-10-20-19(14-17)22(24-26(20)2)23(28)27-11-5-6-12-27/h3-4,7-8,13,17H,5-6,9-12,14-15H2,1-2H3/t17-/m1/s1. The zero-order chi connectivity index (χ0) is 20.0. The Morgan fingerprint density at radius 3 is 2.86 bits per heavy atom. The van der Waals surface area contributed by atoms with E-state index < -0.39 is 0 Å². The molecule has 1 fully saturated rings. The van der Waals surface area contributed by atoms with E-state index in [1.54, 1.807) is 0 Å². The number of amides is 1. The van der Waals surface area contributed by atoms with Gasteiger partial charge in [0.05, 0.1) is 0 Å². The summed E-state index contributed by atoms with van der Waals surface area (Å²) in [5.74, 6) is 0.132. The van der Waals surface area contributed by atoms with E-state index in [4.69, 9.17) is 0 Å². The first kappa shape index (κ1) is 18.8. The van der Waals surface area contributed by atoms with E-state index >= 15 is 0 Å². The zero-order valence-electron chi connectivity index (χ0n) is 17.2. The van der Waals surface area contributed by atoms with Gasteiger partial charge >= 0.3 is 0 Å². The normalized spacial score (nSPS) is 19.3. The van der Waals surface area contributed by atoms with E-state index in [-0.39, 0.29) is 5.91 Å². The molecule has 3 aromatic rings. The molecule has 5 rings (SSSR count). The van der Waals surface area contributed by atoms with Crippen molar-refractivity contribution in [2.75, 3.05) is 20.1 Å². The van der Waals surface area contributed by atoms with Crippen LogP contribution in [0.2, 0.25) is 0 Å². The molecule has 5 nitrogen and oxygen atoms in total. The molecule has 1 atom stereocenters. The summed E-state index contributed by atoms with van der Waals surface area (Å²) in [6.45, 7) is 2.70. The van der Waals surface area contributed by atoms with Gasteiger partial charge in [-0.15, -0.1) is 11.3 Å². The van der Waals surface area contributed by atoms with Crippen LogP contribution in [0.5, 0.6) is 0 Å². The Labute approximate surface area is 175 Å². The van der Waals surface area contributed by atoms with Crippen molar-refractivity contribution in [3.63, 3.8) is 0 Å². The van der Waals surface area contributed by atoms with E-state index in [1.807, 2.05) is 28.0 Å². The SMILES string of the molecule is CN(Cc1cc2ccccc2s1)[C@@H]1CCc2c(c(C(=O)N3CCCC3)nn2C)C1. The molecule has 0 saturated carbocycles. The third-order valence-corrected chi connectivity index (χ3v) is 7.63. The second-order valence-corrected chi connectivity index (χ2v) is 9.63. The van der Waals surface area contributed by atoms with Gasteiger partial charge < -0.3 is 4.90 Å². The molecule has 1 amide bonds. The van der Waals surface area contributed by atoms with E-state index in [0.29, 0.717) is 11.7 Å². The molecule has 1 aliphatic heterocycles. The van der Waals surface area contributed by atoms with Crippen molar-refractivity contribution in [2.45, 2.75) is 44.7 Å². The number of likely N-dealkylation sites (tertiary alicyclic amines) is 1. The molecule has 0 spiro atoms. The van der Waals surface area contributed by atoms with Gasteiger partial charge in [0, 0.05) is 53.6 Å². The topological polar surface area (TPSA) is 41.4 Å². The average molecular weight is 409 g/mol. The Morgan fingerprint density at radius 1 is 1.28 bits per heavy atom. The molecule has 152 valence electrons. The second kappa shape index (κ2) is 7.58. The summed E-state index contributed by atoms with van der Waals surface area (Å²) in [6.07, 6.45) is 5.25. The molecular weight excluding hydrogens is 380 g/mol. The third kappa shape index (κ3) is 3.49. The summed E-state index contributed by atoms with van der Waals surface area (Å²) >= 11 is 1.89. The monoisotopic (exact) mass is 408 g/mol. The fraction of sp³-hybridized carbons (Fsp3) is 0.478. The van der Waals surface area contributed by atoms with Crippen molar-refractivity contribution in [3.05, 3.63) is 52.2 Å². The third-order valence-electron chi connectivity index (χ3n) is 6.53. The highest BCUT2D eigenvalue weighted by molar-refractivity contribution is 7.19. The van der Waals surface area contributed by atoms with E-state index in [1.165, 1.54) is 26.2 Å². The van der Waals surface area contributed by atoms with Crippen LogP contribution in [-0.4, -0.2) is 51.7 Å². The molecule has 29 heavy (non-hydrogen) atoms. The highest BCUT2D eigenvalue weighted by atomic mass is 32.1. The minimum Gasteiger partial charge on any atom is -0.337 e. The van der Waals surface area contributed by atoms with Gasteiger partial charge in [-0.3, -0.25) is 14.4 Å². The van der Waals surface area contributed by atoms with Crippen LogP contribution < -0.4 is 0 Å². The van der Waals surface area contributed by atoms with Crippen LogP contribution in [0.3, 0.4) is 0 Å². The minimum absolute atomic E-state index is 0.132. The number of likely N-dealkylation sites (N-methyl/N-ethyl adjacent to an activating group) is 1. The number of rotatable bonds is 4. The second-order valence-electron chi connectivity index (χ2n) is 8.46. The lowest BCUT2D eigenvalue weighted by Crippen LogP contribution is -2.37. The lowest BCUT2D eigenvalue weighted by Gasteiger charge is -2.31. The van der Waals surface area contributed by atoms with Crippen molar-refractivity contribution in [3.8, 4) is 0 Å². The van der Waals surface area contributed by atoms with Gasteiger partial charge in [0.2, 0.25) is 0 Å². The van der Waals surface area contributed by atoms with Gasteiger partial charge in [-0.25, -0.2) is 0 Å². The lowest BCUT2D eigenvalue weighted by atomic mass is 9.90. The molecule has 1 aliphatic carbocycles. The van der Waals surface area contributed by atoms with Crippen molar-refractivity contribution in [1.29, 1.82) is 0 Å². The van der Waals surface area contributed by atoms with Crippen LogP contribution in [0.15, 0.2) is 30.3 Å². The molecule has 2 aromatic heterocycles. The van der Waals surface area contributed by atoms with Crippen LogP contribution >= 0.6 is 11.3 Å². The fourth-order valence-corrected chi connectivity index (χ4v) is 6.01. The molecule has 1 aromatic carbocycles. The number of carbonyl (C=O) groups excluding carboxylic acids is 1. The van der Waals surface area contributed by atoms with E-state index in [9.17, 15) is 4.79 Å². The van der Waals surface area contributed by atoms with Crippen LogP contribution in [0.25, 0.3) is 10.1 Å². The Hall–Kier alpha value is -2.18. The Kier molecular flexibility index (Phi) is 4.92. The molecule has 1 saturated heterocycles. The maximum Gasteiger partial charge on any atom is 0.274 e. The van der Waals surface area contributed by atoms with Crippen molar-refractivity contribution in [1.82, 2.24) is 19.6 Å². The Morgan fingerprint density at radius 2 is 2.07 bits per heavy atom. The molecule has 0 unspecified atom stereocenters. The summed E-state index contributed by atoms with van der Waals surface area (Å²) in [6, 6.07) is 11.4. The quantitative estimate of drug-likeness (QED) is 0.658. The summed E-state index contributed by atoms with van der Waals surface area (Å²) in [5, 5.41) is 5.98. The Balaban J connectivity index is 1.35. The maximum atomic E-state index is 13.0. The zero-order valence-corrected chi connectivity index (χ0v) is 18.0. The first-order valence-electron chi connectivity index (χ1n) is 10.6. The number of benzene rings is 1. The van der Waals surface area contributed by atoms with Gasteiger partial charge in [-0.05, 0) is 56.7 Å². The molecular formula is C23H28N4OS. The van der Waals surface area contributed by atoms with Crippen molar-refractivity contribution in [2.24, 2.45) is 7.05 Å². The van der Waals surface area contributed by atoms with Crippen LogP contribution in [0, 0.1) is 0 Å². The van der Waals surface area contributed by atoms with Crippen LogP contribution in [-0.2, 0) is 26.4 Å². The van der Waals surface area contributed by atoms with E-state index in [2.05, 4.69) is 47.4 Å². The van der Waals surface area contributed by atoms with Crippen molar-refractivity contribution < 1.29 is 4.79 Å². The number of nitrogens with zero attached hydrogens (tertiary/aromatic N) is 4. The predicted octanol–water partition coefficient (Wildman–Crippen LogP) is 3.86. The van der Waals surface area contributed by atoms with Gasteiger partial charge in [0.1, 0.15) is 0 Å². The molecule has 3 heterocycles. The number of aryl methyl sites for hydroxylation is 1. The number of carbonyl (C=O) groups is 1. The van der Waals surface area contributed by atoms with Gasteiger partial charge in [0.15, 0.2) is 5.69 Å². The lowest BCUT2D eigenvalue weighted by molar-refractivity contribution is 0.0784. The Bertz CT molecular complexity index is 1010. The molecule has 2 aliphatic rings. The first-order chi connectivity index (χ1) is 14.1. The summed E-state index contributed by atoms with van der Waals surface area (Å²) < 4.78 is 3.30. The molecule has 6 heteroatoms. The summed E-state index contributed by atoms with van der Waals surface area (Å²) in [7, 11) is 4.21. The molecule has 0 radical (unpaired) electrons. The minimum atomic E-state index is 0.132. The summed E-state index contributed by atoms with van der Waals surface area (Å²) in [4.78, 5) is 18.9. The predicted molar refractivity (Wildman–Crippen MR) is 117 cm³/mol. The molecule has 0 N–H and O–H groups in total. The number of thiophene rings is 1. The van der Waals surface area contributed by atoms with Gasteiger partial charge in [-0.2, -0.15) is 5.10 Å². The maximum absolute atomic E-state index is 13.0. The highest BCUT2D eigenvalue weighted by Gasteiger charge is 2.32. The van der Waals surface area contributed by atoms with E-state index in [0.717, 1.165) is 51.7 Å². The number of hydrogen-bond donors (Lipinski definition) is 0. The first-order valence-corrected chi connectivity index (χ1v) is 11.4. The smallest absolute Gasteiger partial charge is 0.274 e.